The Morgan fingerprint density at radius 3 is 2.48 bits per heavy atom. The van der Waals surface area contributed by atoms with Crippen molar-refractivity contribution in [3.63, 3.8) is 0 Å². The Bertz CT molecular complexity index is 578. The number of halogens is 1. The molecule has 21 heavy (non-hydrogen) atoms. The maximum Gasteiger partial charge on any atom is 0.102 e. The topological polar surface area (TPSA) is 33.1 Å². The van der Waals surface area contributed by atoms with E-state index < -0.39 is 6.10 Å². The molecule has 2 nitrogen and oxygen atoms in total. The number of pyridine rings is 1. The molecule has 0 radical (unpaired) electrons. The predicted octanol–water partition coefficient (Wildman–Crippen LogP) is 4.57. The summed E-state index contributed by atoms with van der Waals surface area (Å²) in [7, 11) is 0. The number of nitrogens with zero attached hydrogens (tertiary/aromatic N) is 1. The quantitative estimate of drug-likeness (QED) is 0.877. The lowest BCUT2D eigenvalue weighted by atomic mass is 9.61. The number of aryl methyl sites for hydroxylation is 1. The Labute approximate surface area is 130 Å². The molecular formula is C18H20ClNO. The standard InChI is InChI=1S/C18H20ClNO/c19-15-7-5-14(6-8-15)9-12-18(10-3-11-18)17(21)16-4-1-2-13-20-16/h1-2,4-8,13,17,21H,3,9-12H2. The molecule has 0 aliphatic heterocycles. The molecule has 0 spiro atoms. The van der Waals surface area contributed by atoms with Gasteiger partial charge in [-0.25, -0.2) is 0 Å². The molecule has 1 aromatic heterocycles. The van der Waals surface area contributed by atoms with Crippen molar-refractivity contribution in [2.45, 2.75) is 38.2 Å². The number of rotatable bonds is 5. The van der Waals surface area contributed by atoms with Crippen molar-refractivity contribution in [2.75, 3.05) is 0 Å². The van der Waals surface area contributed by atoms with E-state index in [1.54, 1.807) is 6.20 Å². The molecule has 0 amide bonds. The molecule has 1 unspecified atom stereocenters. The van der Waals surface area contributed by atoms with Crippen LogP contribution in [0.25, 0.3) is 0 Å². The molecule has 3 heteroatoms. The summed E-state index contributed by atoms with van der Waals surface area (Å²) < 4.78 is 0. The Morgan fingerprint density at radius 2 is 1.90 bits per heavy atom. The monoisotopic (exact) mass is 301 g/mol. The van der Waals surface area contributed by atoms with Crippen molar-refractivity contribution < 1.29 is 5.11 Å². The van der Waals surface area contributed by atoms with E-state index in [1.807, 2.05) is 30.3 Å². The van der Waals surface area contributed by atoms with Gasteiger partial charge in [0.05, 0.1) is 5.69 Å². The van der Waals surface area contributed by atoms with Crippen LogP contribution < -0.4 is 0 Å². The molecule has 1 aliphatic carbocycles. The van der Waals surface area contributed by atoms with Gasteiger partial charge in [-0.15, -0.1) is 0 Å². The van der Waals surface area contributed by atoms with E-state index in [2.05, 4.69) is 17.1 Å². The van der Waals surface area contributed by atoms with Gasteiger partial charge in [0, 0.05) is 16.6 Å². The number of aromatic nitrogens is 1. The summed E-state index contributed by atoms with van der Waals surface area (Å²) in [5.74, 6) is 0. The second-order valence-corrected chi connectivity index (χ2v) is 6.44. The highest BCUT2D eigenvalue weighted by atomic mass is 35.5. The molecule has 1 aliphatic rings. The van der Waals surface area contributed by atoms with Crippen LogP contribution in [0.15, 0.2) is 48.7 Å². The molecule has 1 heterocycles. The summed E-state index contributed by atoms with van der Waals surface area (Å²) in [4.78, 5) is 4.33. The first-order chi connectivity index (χ1) is 10.2. The van der Waals surface area contributed by atoms with Gasteiger partial charge in [0.2, 0.25) is 0 Å². The van der Waals surface area contributed by atoms with E-state index in [-0.39, 0.29) is 5.41 Å². The van der Waals surface area contributed by atoms with Gasteiger partial charge in [-0.1, -0.05) is 36.2 Å². The van der Waals surface area contributed by atoms with Crippen LogP contribution >= 0.6 is 11.6 Å². The fourth-order valence-corrected chi connectivity index (χ4v) is 3.31. The zero-order valence-corrected chi connectivity index (χ0v) is 12.8. The van der Waals surface area contributed by atoms with E-state index >= 15 is 0 Å². The van der Waals surface area contributed by atoms with Crippen molar-refractivity contribution in [3.8, 4) is 0 Å². The van der Waals surface area contributed by atoms with Crippen LogP contribution in [0.2, 0.25) is 5.02 Å². The van der Waals surface area contributed by atoms with Gasteiger partial charge in [0.25, 0.3) is 0 Å². The zero-order valence-electron chi connectivity index (χ0n) is 12.0. The first-order valence-electron chi connectivity index (χ1n) is 7.53. The lowest BCUT2D eigenvalue weighted by Crippen LogP contribution is -2.37. The minimum atomic E-state index is -0.459. The van der Waals surface area contributed by atoms with Gasteiger partial charge in [0.15, 0.2) is 0 Å². The third-order valence-electron chi connectivity index (χ3n) is 4.72. The van der Waals surface area contributed by atoms with Crippen molar-refractivity contribution in [2.24, 2.45) is 5.41 Å². The van der Waals surface area contributed by atoms with Crippen LogP contribution in [0, 0.1) is 5.41 Å². The maximum atomic E-state index is 10.7. The molecule has 0 saturated heterocycles. The molecule has 1 saturated carbocycles. The Kier molecular flexibility index (Phi) is 4.27. The molecule has 3 rings (SSSR count). The minimum Gasteiger partial charge on any atom is -0.386 e. The summed E-state index contributed by atoms with van der Waals surface area (Å²) in [5.41, 5.74) is 2.07. The van der Waals surface area contributed by atoms with Crippen molar-refractivity contribution in [3.05, 3.63) is 64.9 Å². The zero-order chi connectivity index (χ0) is 14.7. The molecule has 2 aromatic rings. The fraction of sp³-hybridized carbons (Fsp3) is 0.389. The molecule has 110 valence electrons. The van der Waals surface area contributed by atoms with Crippen molar-refractivity contribution >= 4 is 11.6 Å². The Balaban J connectivity index is 1.70. The van der Waals surface area contributed by atoms with Crippen LogP contribution in [-0.2, 0) is 6.42 Å². The van der Waals surface area contributed by atoms with E-state index in [9.17, 15) is 5.11 Å². The van der Waals surface area contributed by atoms with Gasteiger partial charge in [-0.2, -0.15) is 0 Å². The van der Waals surface area contributed by atoms with E-state index in [0.29, 0.717) is 0 Å². The predicted molar refractivity (Wildman–Crippen MR) is 85.3 cm³/mol. The average Bonchev–Trinajstić information content (AvgIpc) is 2.48. The van der Waals surface area contributed by atoms with Gasteiger partial charge >= 0.3 is 0 Å². The second kappa shape index (κ2) is 6.17. The molecule has 1 fully saturated rings. The van der Waals surface area contributed by atoms with Crippen LogP contribution in [0.5, 0.6) is 0 Å². The van der Waals surface area contributed by atoms with E-state index in [0.717, 1.165) is 36.4 Å². The highest BCUT2D eigenvalue weighted by Crippen LogP contribution is 2.52. The van der Waals surface area contributed by atoms with Crippen molar-refractivity contribution in [1.82, 2.24) is 4.98 Å². The van der Waals surface area contributed by atoms with Gasteiger partial charge < -0.3 is 5.11 Å². The third-order valence-corrected chi connectivity index (χ3v) is 4.97. The lowest BCUT2D eigenvalue weighted by Gasteiger charge is -2.45. The van der Waals surface area contributed by atoms with E-state index in [1.165, 1.54) is 12.0 Å². The highest BCUT2D eigenvalue weighted by molar-refractivity contribution is 6.30. The van der Waals surface area contributed by atoms with Crippen LogP contribution in [0.1, 0.15) is 43.0 Å². The average molecular weight is 302 g/mol. The first-order valence-corrected chi connectivity index (χ1v) is 7.91. The second-order valence-electron chi connectivity index (χ2n) is 6.00. The van der Waals surface area contributed by atoms with Crippen molar-refractivity contribution in [1.29, 1.82) is 0 Å². The molecule has 1 N–H and O–H groups in total. The summed E-state index contributed by atoms with van der Waals surface area (Å²) >= 11 is 5.92. The lowest BCUT2D eigenvalue weighted by molar-refractivity contribution is -0.0457. The highest BCUT2D eigenvalue weighted by Gasteiger charge is 2.44. The number of hydrogen-bond acceptors (Lipinski definition) is 2. The summed E-state index contributed by atoms with van der Waals surface area (Å²) in [6.07, 6.45) is 6.62. The number of aliphatic hydroxyl groups excluding tert-OH is 1. The normalized spacial score (nSPS) is 18.0. The molecule has 1 atom stereocenters. The fourth-order valence-electron chi connectivity index (χ4n) is 3.19. The third kappa shape index (κ3) is 3.12. The molecular weight excluding hydrogens is 282 g/mol. The van der Waals surface area contributed by atoms with Gasteiger partial charge in [-0.3, -0.25) is 4.98 Å². The Morgan fingerprint density at radius 1 is 1.14 bits per heavy atom. The first kappa shape index (κ1) is 14.6. The Hall–Kier alpha value is -1.38. The van der Waals surface area contributed by atoms with Crippen LogP contribution in [0.4, 0.5) is 0 Å². The van der Waals surface area contributed by atoms with E-state index in [4.69, 9.17) is 11.6 Å². The largest absolute Gasteiger partial charge is 0.386 e. The number of hydrogen-bond donors (Lipinski definition) is 1. The van der Waals surface area contributed by atoms with Gasteiger partial charge in [-0.05, 0) is 55.5 Å². The molecule has 1 aromatic carbocycles. The minimum absolute atomic E-state index is 0.00596. The summed E-state index contributed by atoms with van der Waals surface area (Å²) in [6.45, 7) is 0. The van der Waals surface area contributed by atoms with Crippen LogP contribution in [-0.4, -0.2) is 10.1 Å². The van der Waals surface area contributed by atoms with Crippen LogP contribution in [0.3, 0.4) is 0 Å². The summed E-state index contributed by atoms with van der Waals surface area (Å²) in [5, 5.41) is 11.5. The summed E-state index contributed by atoms with van der Waals surface area (Å²) in [6, 6.07) is 13.8. The SMILES string of the molecule is OC(c1ccccn1)C1(CCc2ccc(Cl)cc2)CCC1. The number of benzene rings is 1. The smallest absolute Gasteiger partial charge is 0.102 e. The number of aliphatic hydroxyl groups is 1. The maximum absolute atomic E-state index is 10.7. The van der Waals surface area contributed by atoms with Gasteiger partial charge in [0.1, 0.15) is 6.10 Å². The molecule has 0 bridgehead atoms.